The quantitative estimate of drug-likeness (QED) is 0.617. The Labute approximate surface area is 68.3 Å². The van der Waals surface area contributed by atoms with E-state index < -0.39 is 17.9 Å². The molecule has 2 unspecified atom stereocenters. The van der Waals surface area contributed by atoms with Gasteiger partial charge in [-0.25, -0.2) is 0 Å². The molecular formula is C7H11F3O2. The Balaban J connectivity index is 2.70. The monoisotopic (exact) mass is 184 g/mol. The first-order chi connectivity index (χ1) is 5.35. The van der Waals surface area contributed by atoms with E-state index in [9.17, 15) is 18.3 Å². The minimum Gasteiger partial charge on any atom is -0.380 e. The summed E-state index contributed by atoms with van der Waals surface area (Å²) in [6.45, 7) is 1.49. The fourth-order valence-electron chi connectivity index (χ4n) is 1.32. The van der Waals surface area contributed by atoms with Gasteiger partial charge in [-0.3, -0.25) is 0 Å². The second kappa shape index (κ2) is 2.88. The van der Waals surface area contributed by atoms with E-state index in [4.69, 9.17) is 4.74 Å². The van der Waals surface area contributed by atoms with Crippen molar-refractivity contribution in [3.8, 4) is 0 Å². The summed E-state index contributed by atoms with van der Waals surface area (Å²) in [6, 6.07) is 0. The van der Waals surface area contributed by atoms with E-state index in [0.29, 0.717) is 0 Å². The zero-order chi connectivity index (χ0) is 9.41. The van der Waals surface area contributed by atoms with Gasteiger partial charge in [-0.2, -0.15) is 13.2 Å². The lowest BCUT2D eigenvalue weighted by atomic mass is 9.90. The van der Waals surface area contributed by atoms with Crippen LogP contribution in [-0.2, 0) is 4.74 Å². The van der Waals surface area contributed by atoms with Crippen molar-refractivity contribution in [2.24, 2.45) is 0 Å². The number of ether oxygens (including phenoxy) is 1. The zero-order valence-electron chi connectivity index (χ0n) is 6.69. The van der Waals surface area contributed by atoms with Crippen molar-refractivity contribution in [1.82, 2.24) is 0 Å². The van der Waals surface area contributed by atoms with Gasteiger partial charge < -0.3 is 9.84 Å². The van der Waals surface area contributed by atoms with Gasteiger partial charge in [0.2, 0.25) is 0 Å². The smallest absolute Gasteiger partial charge is 0.380 e. The van der Waals surface area contributed by atoms with E-state index in [1.807, 2.05) is 0 Å². The van der Waals surface area contributed by atoms with Crippen LogP contribution in [0.1, 0.15) is 19.8 Å². The van der Waals surface area contributed by atoms with E-state index in [-0.39, 0.29) is 19.4 Å². The molecule has 0 aromatic carbocycles. The van der Waals surface area contributed by atoms with Gasteiger partial charge in [0.1, 0.15) is 0 Å². The molecule has 2 nitrogen and oxygen atoms in total. The molecule has 1 aliphatic heterocycles. The van der Waals surface area contributed by atoms with E-state index in [2.05, 4.69) is 0 Å². The van der Waals surface area contributed by atoms with Crippen molar-refractivity contribution in [3.63, 3.8) is 0 Å². The molecule has 1 saturated heterocycles. The van der Waals surface area contributed by atoms with Gasteiger partial charge in [-0.05, 0) is 6.92 Å². The molecule has 0 bridgehead atoms. The van der Waals surface area contributed by atoms with Crippen LogP contribution in [0.3, 0.4) is 0 Å². The molecule has 5 heteroatoms. The summed E-state index contributed by atoms with van der Waals surface area (Å²) < 4.78 is 41.5. The minimum absolute atomic E-state index is 0.0306. The largest absolute Gasteiger partial charge is 0.417 e. The van der Waals surface area contributed by atoms with Crippen LogP contribution in [0.4, 0.5) is 13.2 Å². The fraction of sp³-hybridized carbons (Fsp3) is 1.00. The van der Waals surface area contributed by atoms with Crippen molar-refractivity contribution in [2.45, 2.75) is 37.6 Å². The topological polar surface area (TPSA) is 29.5 Å². The van der Waals surface area contributed by atoms with Gasteiger partial charge >= 0.3 is 6.18 Å². The summed E-state index contributed by atoms with van der Waals surface area (Å²) in [5.74, 6) is 0. The Morgan fingerprint density at radius 2 is 2.08 bits per heavy atom. The van der Waals surface area contributed by atoms with Crippen molar-refractivity contribution >= 4 is 0 Å². The molecule has 0 aliphatic carbocycles. The number of hydrogen-bond acceptors (Lipinski definition) is 2. The van der Waals surface area contributed by atoms with E-state index in [1.165, 1.54) is 6.92 Å². The summed E-state index contributed by atoms with van der Waals surface area (Å²) >= 11 is 0. The molecule has 0 amide bonds. The van der Waals surface area contributed by atoms with Crippen molar-refractivity contribution in [2.75, 3.05) is 6.61 Å². The summed E-state index contributed by atoms with van der Waals surface area (Å²) in [5.41, 5.74) is -2.54. The van der Waals surface area contributed by atoms with Gasteiger partial charge in [0.15, 0.2) is 5.60 Å². The summed E-state index contributed by atoms with van der Waals surface area (Å²) in [7, 11) is 0. The maximum absolute atomic E-state index is 12.2. The highest BCUT2D eigenvalue weighted by atomic mass is 19.4. The van der Waals surface area contributed by atoms with Crippen molar-refractivity contribution < 1.29 is 23.0 Å². The maximum Gasteiger partial charge on any atom is 0.417 e. The molecule has 1 fully saturated rings. The second-order valence-electron chi connectivity index (χ2n) is 3.16. The zero-order valence-corrected chi connectivity index (χ0v) is 6.69. The number of aliphatic hydroxyl groups is 1. The number of hydrogen-bond donors (Lipinski definition) is 1. The van der Waals surface area contributed by atoms with Gasteiger partial charge in [-0.15, -0.1) is 0 Å². The van der Waals surface area contributed by atoms with Crippen LogP contribution in [0.25, 0.3) is 0 Å². The highest BCUT2D eigenvalue weighted by Crippen LogP contribution is 2.39. The predicted octanol–water partition coefficient (Wildman–Crippen LogP) is 1.48. The number of halogens is 3. The molecule has 0 aromatic heterocycles. The Morgan fingerprint density at radius 3 is 2.42 bits per heavy atom. The van der Waals surface area contributed by atoms with Gasteiger partial charge in [0.05, 0.1) is 12.7 Å². The average molecular weight is 184 g/mol. The maximum atomic E-state index is 12.2. The third-order valence-electron chi connectivity index (χ3n) is 2.07. The minimum atomic E-state index is -4.54. The summed E-state index contributed by atoms with van der Waals surface area (Å²) in [4.78, 5) is 0. The molecule has 1 aliphatic rings. The normalized spacial score (nSPS) is 38.2. The first-order valence-electron chi connectivity index (χ1n) is 3.76. The number of rotatable bonds is 0. The fourth-order valence-corrected chi connectivity index (χ4v) is 1.32. The highest BCUT2D eigenvalue weighted by molar-refractivity contribution is 4.90. The Kier molecular flexibility index (Phi) is 2.35. The molecule has 0 spiro atoms. The van der Waals surface area contributed by atoms with E-state index in [1.54, 1.807) is 0 Å². The Bertz CT molecular complexity index is 169. The lowest BCUT2D eigenvalue weighted by Gasteiger charge is -2.36. The van der Waals surface area contributed by atoms with Crippen molar-refractivity contribution in [3.05, 3.63) is 0 Å². The molecule has 2 atom stereocenters. The van der Waals surface area contributed by atoms with E-state index >= 15 is 0 Å². The van der Waals surface area contributed by atoms with Gasteiger partial charge in [0, 0.05) is 12.8 Å². The Morgan fingerprint density at radius 1 is 1.50 bits per heavy atom. The van der Waals surface area contributed by atoms with Crippen LogP contribution in [0.2, 0.25) is 0 Å². The molecule has 1 N–H and O–H groups in total. The molecule has 0 radical (unpaired) electrons. The second-order valence-corrected chi connectivity index (χ2v) is 3.16. The van der Waals surface area contributed by atoms with Crippen LogP contribution >= 0.6 is 0 Å². The predicted molar refractivity (Wildman–Crippen MR) is 35.7 cm³/mol. The molecule has 1 rings (SSSR count). The molecule has 12 heavy (non-hydrogen) atoms. The van der Waals surface area contributed by atoms with Crippen LogP contribution in [0.15, 0.2) is 0 Å². The third kappa shape index (κ3) is 1.72. The van der Waals surface area contributed by atoms with Gasteiger partial charge in [0.25, 0.3) is 0 Å². The summed E-state index contributed by atoms with van der Waals surface area (Å²) in [6.07, 6.45) is -5.78. The summed E-state index contributed by atoms with van der Waals surface area (Å²) in [5, 5.41) is 9.17. The third-order valence-corrected chi connectivity index (χ3v) is 2.07. The van der Waals surface area contributed by atoms with Crippen LogP contribution in [-0.4, -0.2) is 29.6 Å². The molecule has 0 aromatic rings. The molecular weight excluding hydrogens is 173 g/mol. The van der Waals surface area contributed by atoms with E-state index in [0.717, 1.165) is 0 Å². The standard InChI is InChI=1S/C7H11F3O2/c1-5-4-6(11,2-3-12-5)7(8,9)10/h5,11H,2-4H2,1H3. The van der Waals surface area contributed by atoms with Crippen LogP contribution < -0.4 is 0 Å². The average Bonchev–Trinajstić information content (AvgIpc) is 1.83. The highest BCUT2D eigenvalue weighted by Gasteiger charge is 2.55. The van der Waals surface area contributed by atoms with Crippen LogP contribution in [0, 0.1) is 0 Å². The first-order valence-corrected chi connectivity index (χ1v) is 3.76. The first kappa shape index (κ1) is 9.80. The molecule has 1 heterocycles. The SMILES string of the molecule is CC1CC(O)(C(F)(F)F)CCO1. The Hall–Kier alpha value is -0.290. The number of alkyl halides is 3. The molecule has 72 valence electrons. The lowest BCUT2D eigenvalue weighted by Crippen LogP contribution is -2.51. The molecule has 0 saturated carbocycles. The van der Waals surface area contributed by atoms with Crippen molar-refractivity contribution in [1.29, 1.82) is 0 Å². The van der Waals surface area contributed by atoms with Gasteiger partial charge in [-0.1, -0.05) is 0 Å². The van der Waals surface area contributed by atoms with Crippen LogP contribution in [0.5, 0.6) is 0 Å². The lowest BCUT2D eigenvalue weighted by molar-refractivity contribution is -0.286.